The van der Waals surface area contributed by atoms with Crippen LogP contribution in [0.25, 0.3) is 0 Å². The smallest absolute Gasteiger partial charge is 0.338 e. The largest absolute Gasteiger partial charge is 0.484 e. The lowest BCUT2D eigenvalue weighted by Gasteiger charge is -2.38. The summed E-state index contributed by atoms with van der Waals surface area (Å²) in [5.74, 6) is -11.6. The van der Waals surface area contributed by atoms with Gasteiger partial charge in [0.25, 0.3) is 5.91 Å². The molecular formula is C23H22F5NO4. The van der Waals surface area contributed by atoms with Crippen LogP contribution in [0.5, 0.6) is 5.75 Å². The minimum Gasteiger partial charge on any atom is -0.484 e. The lowest BCUT2D eigenvalue weighted by Crippen LogP contribution is -2.49. The molecule has 5 nitrogen and oxygen atoms in total. The molecule has 1 fully saturated rings. The molecule has 1 aliphatic heterocycles. The highest BCUT2D eigenvalue weighted by molar-refractivity contribution is 5.89. The Kier molecular flexibility index (Phi) is 7.55. The lowest BCUT2D eigenvalue weighted by molar-refractivity contribution is -0.139. The first-order valence-electron chi connectivity index (χ1n) is 10.3. The fraction of sp³-hybridized carbons (Fsp3) is 0.391. The van der Waals surface area contributed by atoms with Gasteiger partial charge in [0.05, 0.1) is 11.1 Å². The van der Waals surface area contributed by atoms with Gasteiger partial charge in [0.15, 0.2) is 29.9 Å². The summed E-state index contributed by atoms with van der Waals surface area (Å²) in [5, 5.41) is 0. The van der Waals surface area contributed by atoms with E-state index in [1.54, 1.807) is 4.90 Å². The number of piperidine rings is 1. The molecule has 1 aliphatic rings. The highest BCUT2D eigenvalue weighted by Crippen LogP contribution is 2.25. The Morgan fingerprint density at radius 1 is 0.879 bits per heavy atom. The Hall–Kier alpha value is -3.17. The van der Waals surface area contributed by atoms with E-state index in [0.29, 0.717) is 5.75 Å². The van der Waals surface area contributed by atoms with E-state index >= 15 is 0 Å². The molecule has 0 unspecified atom stereocenters. The average molecular weight is 471 g/mol. The summed E-state index contributed by atoms with van der Waals surface area (Å²) in [7, 11) is 0. The zero-order chi connectivity index (χ0) is 24.3. The molecule has 0 N–H and O–H groups in total. The first kappa shape index (κ1) is 24.5. The summed E-state index contributed by atoms with van der Waals surface area (Å²) in [6.45, 7) is 2.64. The third-order valence-corrected chi connectivity index (χ3v) is 5.58. The van der Waals surface area contributed by atoms with Crippen molar-refractivity contribution in [1.82, 2.24) is 4.90 Å². The van der Waals surface area contributed by atoms with Crippen LogP contribution in [-0.2, 0) is 16.1 Å². The van der Waals surface area contributed by atoms with Gasteiger partial charge < -0.3 is 14.4 Å². The van der Waals surface area contributed by atoms with Crippen LogP contribution in [0, 0.1) is 29.1 Å². The fourth-order valence-corrected chi connectivity index (χ4v) is 3.82. The number of rotatable bonds is 6. The minimum absolute atomic E-state index is 0.0455. The van der Waals surface area contributed by atoms with Crippen molar-refractivity contribution in [3.8, 4) is 5.75 Å². The molecule has 10 heteroatoms. The zero-order valence-corrected chi connectivity index (χ0v) is 18.0. The normalized spacial score (nSPS) is 18.2. The summed E-state index contributed by atoms with van der Waals surface area (Å²) in [4.78, 5) is 26.4. The summed E-state index contributed by atoms with van der Waals surface area (Å²) < 4.78 is 77.1. The van der Waals surface area contributed by atoms with Crippen LogP contribution in [0.2, 0.25) is 0 Å². The molecule has 0 aliphatic carbocycles. The minimum atomic E-state index is -2.29. The lowest BCUT2D eigenvalue weighted by atomic mass is 9.97. The van der Waals surface area contributed by atoms with Crippen molar-refractivity contribution in [3.05, 3.63) is 64.5 Å². The Bertz CT molecular complexity index is 1010. The first-order valence-corrected chi connectivity index (χ1v) is 10.3. The number of hydrogen-bond donors (Lipinski definition) is 0. The number of carbonyl (C=O) groups is 2. The maximum Gasteiger partial charge on any atom is 0.338 e. The van der Waals surface area contributed by atoms with E-state index < -0.39 is 47.2 Å². The van der Waals surface area contributed by atoms with Gasteiger partial charge in [0, 0.05) is 12.1 Å². The quantitative estimate of drug-likeness (QED) is 0.260. The first-order chi connectivity index (χ1) is 15.6. The van der Waals surface area contributed by atoms with Crippen LogP contribution < -0.4 is 4.74 Å². The number of likely N-dealkylation sites (tertiary alicyclic amines) is 1. The molecule has 33 heavy (non-hydrogen) atoms. The van der Waals surface area contributed by atoms with Gasteiger partial charge in [0.1, 0.15) is 12.4 Å². The van der Waals surface area contributed by atoms with Crippen molar-refractivity contribution >= 4 is 11.9 Å². The molecule has 178 valence electrons. The Morgan fingerprint density at radius 2 is 1.39 bits per heavy atom. The molecule has 2 atom stereocenters. The van der Waals surface area contributed by atoms with Crippen LogP contribution in [0.3, 0.4) is 0 Å². The van der Waals surface area contributed by atoms with Crippen molar-refractivity contribution in [1.29, 1.82) is 0 Å². The molecule has 0 bridgehead atoms. The van der Waals surface area contributed by atoms with Gasteiger partial charge >= 0.3 is 5.97 Å². The van der Waals surface area contributed by atoms with Crippen LogP contribution in [0.4, 0.5) is 22.0 Å². The molecule has 0 saturated carbocycles. The van der Waals surface area contributed by atoms with Crippen LogP contribution in [0.1, 0.15) is 49.0 Å². The number of nitrogens with zero attached hydrogens (tertiary/aromatic N) is 1. The summed E-state index contributed by atoms with van der Waals surface area (Å²) >= 11 is 0. The van der Waals surface area contributed by atoms with Crippen molar-refractivity contribution in [2.24, 2.45) is 0 Å². The Labute approximate surface area is 187 Å². The Morgan fingerprint density at radius 3 is 1.94 bits per heavy atom. The highest BCUT2D eigenvalue weighted by atomic mass is 19.2. The number of amides is 1. The third-order valence-electron chi connectivity index (χ3n) is 5.58. The van der Waals surface area contributed by atoms with E-state index in [9.17, 15) is 31.5 Å². The van der Waals surface area contributed by atoms with Crippen molar-refractivity contribution < 1.29 is 41.0 Å². The Balaban J connectivity index is 1.58. The van der Waals surface area contributed by atoms with Crippen molar-refractivity contribution in [2.75, 3.05) is 6.61 Å². The number of carbonyl (C=O) groups excluding carboxylic acids is 2. The molecule has 1 heterocycles. The second-order valence-corrected chi connectivity index (χ2v) is 7.87. The van der Waals surface area contributed by atoms with Gasteiger partial charge in [-0.1, -0.05) is 0 Å². The monoisotopic (exact) mass is 471 g/mol. The maximum atomic E-state index is 13.7. The average Bonchev–Trinajstić information content (AvgIpc) is 2.80. The summed E-state index contributed by atoms with van der Waals surface area (Å²) in [6, 6.07) is 5.61. The molecule has 0 aromatic heterocycles. The van der Waals surface area contributed by atoms with E-state index in [2.05, 4.69) is 0 Å². The van der Waals surface area contributed by atoms with Gasteiger partial charge in [-0.3, -0.25) is 4.79 Å². The van der Waals surface area contributed by atoms with Crippen molar-refractivity contribution in [2.45, 2.75) is 51.8 Å². The number of hydrogen-bond acceptors (Lipinski definition) is 4. The molecule has 3 rings (SSSR count). The van der Waals surface area contributed by atoms with Crippen LogP contribution in [-0.4, -0.2) is 35.5 Å². The summed E-state index contributed by atoms with van der Waals surface area (Å²) in [5.41, 5.74) is -1.30. The standard InChI is InChI=1S/C23H22F5NO4/c1-12-4-3-5-13(2)29(12)17(30)11-32-15-8-6-14(7-9-15)23(31)33-10-16-18(24)20(26)22(28)21(27)19(16)25/h6-9,12-13H,3-5,10-11H2,1-2H3/t12-,13-/m1/s1. The number of benzene rings is 2. The predicted molar refractivity (Wildman–Crippen MR) is 107 cm³/mol. The third kappa shape index (κ3) is 5.26. The SMILES string of the molecule is C[C@@H]1CCC[C@@H](C)N1C(=O)COc1ccc(C(=O)OCc2c(F)c(F)c(F)c(F)c2F)cc1. The maximum absolute atomic E-state index is 13.7. The van der Waals surface area contributed by atoms with Gasteiger partial charge in [0.2, 0.25) is 5.82 Å². The molecule has 1 saturated heterocycles. The molecule has 2 aromatic carbocycles. The molecule has 2 aromatic rings. The molecule has 0 radical (unpaired) electrons. The second-order valence-electron chi connectivity index (χ2n) is 7.87. The van der Waals surface area contributed by atoms with Gasteiger partial charge in [-0.05, 0) is 57.4 Å². The molecular weight excluding hydrogens is 449 g/mol. The van der Waals surface area contributed by atoms with Gasteiger partial charge in [-0.25, -0.2) is 26.7 Å². The van der Waals surface area contributed by atoms with E-state index in [1.165, 1.54) is 24.3 Å². The predicted octanol–water partition coefficient (Wildman–Crippen LogP) is 4.91. The number of halogens is 5. The van der Waals surface area contributed by atoms with E-state index in [0.717, 1.165) is 19.3 Å². The topological polar surface area (TPSA) is 55.8 Å². The second kappa shape index (κ2) is 10.2. The highest BCUT2D eigenvalue weighted by Gasteiger charge is 2.29. The van der Waals surface area contributed by atoms with E-state index in [-0.39, 0.29) is 30.2 Å². The van der Waals surface area contributed by atoms with Crippen molar-refractivity contribution in [3.63, 3.8) is 0 Å². The van der Waals surface area contributed by atoms with E-state index in [1.807, 2.05) is 13.8 Å². The van der Waals surface area contributed by atoms with Gasteiger partial charge in [-0.2, -0.15) is 0 Å². The number of esters is 1. The number of ether oxygens (including phenoxy) is 2. The molecule has 0 spiro atoms. The van der Waals surface area contributed by atoms with Crippen LogP contribution >= 0.6 is 0 Å². The fourth-order valence-electron chi connectivity index (χ4n) is 3.82. The summed E-state index contributed by atoms with van der Waals surface area (Å²) in [6.07, 6.45) is 2.92. The van der Waals surface area contributed by atoms with E-state index in [4.69, 9.17) is 9.47 Å². The zero-order valence-electron chi connectivity index (χ0n) is 18.0. The molecule has 1 amide bonds. The van der Waals surface area contributed by atoms with Gasteiger partial charge in [-0.15, -0.1) is 0 Å². The van der Waals surface area contributed by atoms with Crippen LogP contribution in [0.15, 0.2) is 24.3 Å².